The van der Waals surface area contributed by atoms with E-state index in [4.69, 9.17) is 0 Å². The summed E-state index contributed by atoms with van der Waals surface area (Å²) in [6, 6.07) is 24.2. The molecule has 1 atom stereocenters. The van der Waals surface area contributed by atoms with Gasteiger partial charge in [-0.05, 0) is 36.8 Å². The smallest absolute Gasteiger partial charge is 0.255 e. The molecule has 0 radical (unpaired) electrons. The normalized spacial score (nSPS) is 11.2. The maximum absolute atomic E-state index is 12.7. The second kappa shape index (κ2) is 10.0. The molecule has 0 aliphatic heterocycles. The number of para-hydroxylation sites is 1. The summed E-state index contributed by atoms with van der Waals surface area (Å²) in [5, 5.41) is 8.24. The van der Waals surface area contributed by atoms with Crippen molar-refractivity contribution in [3.8, 4) is 0 Å². The van der Waals surface area contributed by atoms with Crippen molar-refractivity contribution in [1.29, 1.82) is 0 Å². The Hall–Kier alpha value is -3.93. The van der Waals surface area contributed by atoms with Gasteiger partial charge >= 0.3 is 0 Å². The third kappa shape index (κ3) is 5.54. The van der Waals surface area contributed by atoms with Gasteiger partial charge in [0.05, 0.1) is 11.3 Å². The highest BCUT2D eigenvalue weighted by molar-refractivity contribution is 6.09. The lowest BCUT2D eigenvalue weighted by Gasteiger charge is -2.16. The zero-order valence-corrected chi connectivity index (χ0v) is 16.6. The summed E-state index contributed by atoms with van der Waals surface area (Å²) in [6.45, 7) is 1.99. The zero-order valence-electron chi connectivity index (χ0n) is 16.6. The Morgan fingerprint density at radius 3 is 2.07 bits per heavy atom. The highest BCUT2D eigenvalue weighted by Gasteiger charge is 2.19. The summed E-state index contributed by atoms with van der Waals surface area (Å²) >= 11 is 0. The monoisotopic (exact) mass is 401 g/mol. The molecule has 3 N–H and O–H groups in total. The van der Waals surface area contributed by atoms with Crippen LogP contribution >= 0.6 is 0 Å². The van der Waals surface area contributed by atoms with Gasteiger partial charge in [0.25, 0.3) is 11.8 Å². The second-order valence-electron chi connectivity index (χ2n) is 6.76. The zero-order chi connectivity index (χ0) is 21.3. The van der Waals surface area contributed by atoms with Crippen LogP contribution in [-0.2, 0) is 11.3 Å². The number of benzene rings is 3. The molecule has 152 valence electrons. The van der Waals surface area contributed by atoms with E-state index in [0.717, 1.165) is 5.56 Å². The molecule has 3 aromatic rings. The van der Waals surface area contributed by atoms with Crippen molar-refractivity contribution < 1.29 is 14.4 Å². The highest BCUT2D eigenvalue weighted by Crippen LogP contribution is 2.16. The number of nitrogens with one attached hydrogen (secondary N) is 3. The average Bonchev–Trinajstić information content (AvgIpc) is 2.79. The number of hydrogen-bond acceptors (Lipinski definition) is 3. The molecule has 0 bridgehead atoms. The van der Waals surface area contributed by atoms with E-state index in [1.165, 1.54) is 0 Å². The van der Waals surface area contributed by atoms with Crippen LogP contribution in [0.3, 0.4) is 0 Å². The van der Waals surface area contributed by atoms with E-state index in [0.29, 0.717) is 17.8 Å². The molecule has 3 amide bonds. The summed E-state index contributed by atoms with van der Waals surface area (Å²) < 4.78 is 0. The third-order valence-corrected chi connectivity index (χ3v) is 4.51. The molecule has 0 spiro atoms. The van der Waals surface area contributed by atoms with Gasteiger partial charge in [-0.2, -0.15) is 0 Å². The Morgan fingerprint density at radius 2 is 1.37 bits per heavy atom. The first-order valence-corrected chi connectivity index (χ1v) is 9.62. The number of amides is 3. The lowest BCUT2D eigenvalue weighted by molar-refractivity contribution is -0.122. The molecule has 0 aliphatic carbocycles. The van der Waals surface area contributed by atoms with Crippen molar-refractivity contribution in [3.63, 3.8) is 0 Å². The standard InChI is InChI=1S/C24H23N3O3/c1-17(22(28)25-16-18-10-4-2-5-11-18)26-24(30)20-14-8-9-15-21(20)27-23(29)19-12-6-3-7-13-19/h2-15,17H,16H2,1H3,(H,25,28)(H,26,30)(H,27,29). The summed E-state index contributed by atoms with van der Waals surface area (Å²) in [5.41, 5.74) is 2.12. The van der Waals surface area contributed by atoms with Crippen LogP contribution in [0.2, 0.25) is 0 Å². The lowest BCUT2D eigenvalue weighted by Crippen LogP contribution is -2.44. The van der Waals surface area contributed by atoms with Gasteiger partial charge in [0.2, 0.25) is 5.91 Å². The first-order valence-electron chi connectivity index (χ1n) is 9.62. The van der Waals surface area contributed by atoms with E-state index in [2.05, 4.69) is 16.0 Å². The Balaban J connectivity index is 1.62. The summed E-state index contributed by atoms with van der Waals surface area (Å²) in [6.07, 6.45) is 0. The first-order chi connectivity index (χ1) is 14.5. The summed E-state index contributed by atoms with van der Waals surface area (Å²) in [7, 11) is 0. The Bertz CT molecular complexity index is 1020. The molecular weight excluding hydrogens is 378 g/mol. The SMILES string of the molecule is CC(NC(=O)c1ccccc1NC(=O)c1ccccc1)C(=O)NCc1ccccc1. The number of anilines is 1. The van der Waals surface area contributed by atoms with Gasteiger partial charge in [-0.25, -0.2) is 0 Å². The molecule has 30 heavy (non-hydrogen) atoms. The fraction of sp³-hybridized carbons (Fsp3) is 0.125. The molecule has 0 aromatic heterocycles. The maximum Gasteiger partial charge on any atom is 0.255 e. The van der Waals surface area contributed by atoms with Crippen molar-refractivity contribution in [2.75, 3.05) is 5.32 Å². The second-order valence-corrected chi connectivity index (χ2v) is 6.76. The van der Waals surface area contributed by atoms with Gasteiger partial charge in [0.1, 0.15) is 6.04 Å². The number of hydrogen-bond donors (Lipinski definition) is 3. The Labute approximate surface area is 175 Å². The van der Waals surface area contributed by atoms with Crippen LogP contribution in [0, 0.1) is 0 Å². The van der Waals surface area contributed by atoms with E-state index in [1.807, 2.05) is 36.4 Å². The molecular formula is C24H23N3O3. The van der Waals surface area contributed by atoms with Crippen LogP contribution < -0.4 is 16.0 Å². The average molecular weight is 401 g/mol. The van der Waals surface area contributed by atoms with Crippen molar-refractivity contribution in [3.05, 3.63) is 102 Å². The van der Waals surface area contributed by atoms with Crippen LogP contribution in [0.15, 0.2) is 84.9 Å². The minimum atomic E-state index is -0.737. The largest absolute Gasteiger partial charge is 0.350 e. The first kappa shape index (κ1) is 20.8. The molecule has 1 unspecified atom stereocenters. The van der Waals surface area contributed by atoms with Crippen LogP contribution in [-0.4, -0.2) is 23.8 Å². The van der Waals surface area contributed by atoms with E-state index < -0.39 is 11.9 Å². The Kier molecular flexibility index (Phi) is 6.95. The fourth-order valence-corrected chi connectivity index (χ4v) is 2.85. The highest BCUT2D eigenvalue weighted by atomic mass is 16.2. The minimum Gasteiger partial charge on any atom is -0.350 e. The van der Waals surface area contributed by atoms with Crippen molar-refractivity contribution >= 4 is 23.4 Å². The molecule has 6 nitrogen and oxygen atoms in total. The number of carbonyl (C=O) groups excluding carboxylic acids is 3. The van der Waals surface area contributed by atoms with Crippen molar-refractivity contribution in [2.45, 2.75) is 19.5 Å². The van der Waals surface area contributed by atoms with Crippen molar-refractivity contribution in [2.24, 2.45) is 0 Å². The molecule has 0 heterocycles. The molecule has 3 aromatic carbocycles. The van der Waals surface area contributed by atoms with Gasteiger partial charge in [0, 0.05) is 12.1 Å². The fourth-order valence-electron chi connectivity index (χ4n) is 2.85. The molecule has 0 saturated carbocycles. The number of carbonyl (C=O) groups is 3. The van der Waals surface area contributed by atoms with Gasteiger partial charge in [0.15, 0.2) is 0 Å². The Morgan fingerprint density at radius 1 is 0.767 bits per heavy atom. The lowest BCUT2D eigenvalue weighted by atomic mass is 10.1. The topological polar surface area (TPSA) is 87.3 Å². The van der Waals surface area contributed by atoms with E-state index >= 15 is 0 Å². The van der Waals surface area contributed by atoms with Gasteiger partial charge in [-0.15, -0.1) is 0 Å². The van der Waals surface area contributed by atoms with Crippen LogP contribution in [0.1, 0.15) is 33.2 Å². The predicted molar refractivity (Wildman–Crippen MR) is 116 cm³/mol. The van der Waals surface area contributed by atoms with Crippen LogP contribution in [0.4, 0.5) is 5.69 Å². The van der Waals surface area contributed by atoms with E-state index in [-0.39, 0.29) is 17.4 Å². The van der Waals surface area contributed by atoms with Gasteiger partial charge < -0.3 is 16.0 Å². The number of rotatable bonds is 7. The van der Waals surface area contributed by atoms with Gasteiger partial charge in [-0.1, -0.05) is 60.7 Å². The van der Waals surface area contributed by atoms with Crippen LogP contribution in [0.5, 0.6) is 0 Å². The molecule has 0 fully saturated rings. The summed E-state index contributed by atoms with van der Waals surface area (Å²) in [5.74, 6) is -1.05. The van der Waals surface area contributed by atoms with Gasteiger partial charge in [-0.3, -0.25) is 14.4 Å². The maximum atomic E-state index is 12.7. The molecule has 3 rings (SSSR count). The third-order valence-electron chi connectivity index (χ3n) is 4.51. The quantitative estimate of drug-likeness (QED) is 0.567. The molecule has 0 saturated heterocycles. The molecule has 0 aliphatic rings. The predicted octanol–water partition coefficient (Wildman–Crippen LogP) is 3.37. The minimum absolute atomic E-state index is 0.282. The molecule has 6 heteroatoms. The van der Waals surface area contributed by atoms with E-state index in [1.54, 1.807) is 55.5 Å². The van der Waals surface area contributed by atoms with E-state index in [9.17, 15) is 14.4 Å². The van der Waals surface area contributed by atoms with Crippen LogP contribution in [0.25, 0.3) is 0 Å². The summed E-state index contributed by atoms with van der Waals surface area (Å²) in [4.78, 5) is 37.5. The van der Waals surface area contributed by atoms with Crippen molar-refractivity contribution in [1.82, 2.24) is 10.6 Å².